The second-order valence-corrected chi connectivity index (χ2v) is 8.90. The minimum absolute atomic E-state index is 0.366. The van der Waals surface area contributed by atoms with Crippen LogP contribution in [-0.4, -0.2) is 54.5 Å². The number of rotatable bonds is 8. The van der Waals surface area contributed by atoms with Gasteiger partial charge in [0.15, 0.2) is 0 Å². The summed E-state index contributed by atoms with van der Waals surface area (Å²) in [6.45, 7) is 3.22. The summed E-state index contributed by atoms with van der Waals surface area (Å²) in [5, 5.41) is 39.0. The number of hydrogen-bond donors (Lipinski definition) is 4. The van der Waals surface area contributed by atoms with E-state index in [9.17, 15) is 24.9 Å². The molecule has 3 atom stereocenters. The fourth-order valence-corrected chi connectivity index (χ4v) is 4.52. The Labute approximate surface area is 181 Å². The van der Waals surface area contributed by atoms with Crippen molar-refractivity contribution in [3.8, 4) is 0 Å². The molecule has 8 heteroatoms. The molecule has 1 heterocycles. The Morgan fingerprint density at radius 2 is 1.45 bits per heavy atom. The third kappa shape index (κ3) is 5.09. The molecule has 1 aliphatic rings. The second kappa shape index (κ2) is 10.1. The summed E-state index contributed by atoms with van der Waals surface area (Å²) in [6, 6.07) is 3.69. The molecule has 1 aromatic heterocycles. The maximum Gasteiger partial charge on any atom is 0.317 e. The number of aryl methyl sites for hydroxylation is 3. The van der Waals surface area contributed by atoms with E-state index in [1.54, 1.807) is 4.57 Å². The second-order valence-electron chi connectivity index (χ2n) is 8.90. The summed E-state index contributed by atoms with van der Waals surface area (Å²) in [6.07, 6.45) is 2.10. The van der Waals surface area contributed by atoms with Crippen LogP contribution in [0.25, 0.3) is 11.0 Å². The topological polar surface area (TPSA) is 125 Å². The lowest BCUT2D eigenvalue weighted by molar-refractivity contribution is -0.0805. The molecule has 0 bridgehead atoms. The number of hydrogen-bond acceptors (Lipinski definition) is 6. The Morgan fingerprint density at radius 3 is 2.03 bits per heavy atom. The van der Waals surface area contributed by atoms with Crippen LogP contribution in [0.1, 0.15) is 49.7 Å². The highest BCUT2D eigenvalue weighted by atomic mass is 16.4. The lowest BCUT2D eigenvalue weighted by Crippen LogP contribution is -2.47. The van der Waals surface area contributed by atoms with Gasteiger partial charge in [0, 0.05) is 6.54 Å². The molecule has 1 aromatic carbocycles. The molecule has 0 spiro atoms. The number of nitrogens with zero attached hydrogens (tertiary/aromatic N) is 2. The molecular weight excluding hydrogens is 400 g/mol. The van der Waals surface area contributed by atoms with E-state index in [-0.39, 0.29) is 6.54 Å². The van der Waals surface area contributed by atoms with Gasteiger partial charge in [-0.3, -0.25) is 14.2 Å². The van der Waals surface area contributed by atoms with E-state index < -0.39 is 36.0 Å². The monoisotopic (exact) mass is 434 g/mol. The van der Waals surface area contributed by atoms with Crippen molar-refractivity contribution in [2.24, 2.45) is 5.92 Å². The van der Waals surface area contributed by atoms with Crippen molar-refractivity contribution < 1.29 is 20.4 Å². The quantitative estimate of drug-likeness (QED) is 0.456. The first-order chi connectivity index (χ1) is 14.7. The molecule has 31 heavy (non-hydrogen) atoms. The Kier molecular flexibility index (Phi) is 7.69. The third-order valence-electron chi connectivity index (χ3n) is 6.68. The molecule has 4 N–H and O–H groups in total. The highest BCUT2D eigenvalue weighted by molar-refractivity contribution is 5.77. The average molecular weight is 435 g/mol. The van der Waals surface area contributed by atoms with Crippen LogP contribution < -0.4 is 11.1 Å². The predicted octanol–water partition coefficient (Wildman–Crippen LogP) is 0.825. The summed E-state index contributed by atoms with van der Waals surface area (Å²) in [5.41, 5.74) is 1.61. The molecule has 1 saturated carbocycles. The zero-order chi connectivity index (χ0) is 22.7. The Balaban J connectivity index is 2.03. The molecule has 172 valence electrons. The molecule has 0 amide bonds. The van der Waals surface area contributed by atoms with Crippen molar-refractivity contribution in [2.45, 2.75) is 83.8 Å². The van der Waals surface area contributed by atoms with E-state index in [1.807, 2.05) is 26.0 Å². The first-order valence-corrected chi connectivity index (χ1v) is 11.1. The summed E-state index contributed by atoms with van der Waals surface area (Å²) >= 11 is 0. The van der Waals surface area contributed by atoms with Gasteiger partial charge in [0.25, 0.3) is 0 Å². The normalized spacial score (nSPS) is 18.3. The van der Waals surface area contributed by atoms with E-state index in [0.717, 1.165) is 30.4 Å². The van der Waals surface area contributed by atoms with Gasteiger partial charge in [0.05, 0.1) is 24.2 Å². The zero-order valence-corrected chi connectivity index (χ0v) is 18.3. The van der Waals surface area contributed by atoms with Gasteiger partial charge in [0.2, 0.25) is 0 Å². The molecule has 8 nitrogen and oxygen atoms in total. The van der Waals surface area contributed by atoms with Crippen molar-refractivity contribution >= 4 is 11.0 Å². The summed E-state index contributed by atoms with van der Waals surface area (Å²) in [5.74, 6) is 0.557. The molecule has 1 aliphatic carbocycles. The highest BCUT2D eigenvalue weighted by Gasteiger charge is 2.26. The summed E-state index contributed by atoms with van der Waals surface area (Å²) in [4.78, 5) is 26.0. The van der Waals surface area contributed by atoms with Gasteiger partial charge in [-0.2, -0.15) is 0 Å². The molecule has 0 unspecified atom stereocenters. The van der Waals surface area contributed by atoms with E-state index in [0.29, 0.717) is 23.5 Å². The average Bonchev–Trinajstić information content (AvgIpc) is 2.77. The number of fused-ring (bicyclic) bond motifs is 1. The van der Waals surface area contributed by atoms with Crippen molar-refractivity contribution in [1.82, 2.24) is 9.13 Å². The molecule has 1 fully saturated rings. The summed E-state index contributed by atoms with van der Waals surface area (Å²) < 4.78 is 2.71. The molecule has 0 radical (unpaired) electrons. The van der Waals surface area contributed by atoms with Gasteiger partial charge in [-0.05, 0) is 49.4 Å². The van der Waals surface area contributed by atoms with Crippen LogP contribution in [0.3, 0.4) is 0 Å². The lowest BCUT2D eigenvalue weighted by atomic mass is 9.87. The molecular formula is C23H34N2O6. The minimum Gasteiger partial charge on any atom is -0.394 e. The van der Waals surface area contributed by atoms with Crippen molar-refractivity contribution in [1.29, 1.82) is 0 Å². The predicted molar refractivity (Wildman–Crippen MR) is 118 cm³/mol. The fourth-order valence-electron chi connectivity index (χ4n) is 4.52. The van der Waals surface area contributed by atoms with Crippen LogP contribution in [0.5, 0.6) is 0 Å². The number of aliphatic hydroxyl groups is 4. The maximum absolute atomic E-state index is 13.0. The number of aliphatic hydroxyl groups excluding tert-OH is 4. The van der Waals surface area contributed by atoms with Gasteiger partial charge >= 0.3 is 11.1 Å². The van der Waals surface area contributed by atoms with Crippen LogP contribution in [0.4, 0.5) is 0 Å². The van der Waals surface area contributed by atoms with Crippen LogP contribution in [0, 0.1) is 19.8 Å². The first kappa shape index (κ1) is 23.7. The third-order valence-corrected chi connectivity index (χ3v) is 6.68. The van der Waals surface area contributed by atoms with Crippen LogP contribution in [0.2, 0.25) is 0 Å². The minimum atomic E-state index is -1.65. The standard InChI is InChI=1S/C23H34N2O6/c1-14-10-17-18(11-15(14)2)25(12-19(27)21(29)20(28)13-26)23(31)22(30)24(17)9-8-16-6-4-3-5-7-16/h10-11,16,19-21,26-29H,3-9,12-13H2,1-2H3/t19-,20+,21-/m0/s1. The Bertz CT molecular complexity index is 1020. The van der Waals surface area contributed by atoms with Gasteiger partial charge in [-0.25, -0.2) is 0 Å². The SMILES string of the molecule is Cc1cc2c(cc1C)n(C[C@H](O)[C@H](O)[C@H](O)CO)c(=O)c(=O)n2CCC1CCCCC1. The van der Waals surface area contributed by atoms with Crippen molar-refractivity contribution in [2.75, 3.05) is 6.61 Å². The molecule has 2 aromatic rings. The molecule has 3 rings (SSSR count). The van der Waals surface area contributed by atoms with Gasteiger partial charge in [0.1, 0.15) is 18.3 Å². The lowest BCUT2D eigenvalue weighted by Gasteiger charge is -2.25. The van der Waals surface area contributed by atoms with Gasteiger partial charge in [-0.15, -0.1) is 0 Å². The van der Waals surface area contributed by atoms with Crippen molar-refractivity contribution in [3.63, 3.8) is 0 Å². The van der Waals surface area contributed by atoms with E-state index in [1.165, 1.54) is 23.8 Å². The van der Waals surface area contributed by atoms with Gasteiger partial charge < -0.3 is 25.0 Å². The molecule has 0 aliphatic heterocycles. The van der Waals surface area contributed by atoms with E-state index in [4.69, 9.17) is 5.11 Å². The van der Waals surface area contributed by atoms with Gasteiger partial charge in [-0.1, -0.05) is 32.1 Å². The molecule has 0 saturated heterocycles. The maximum atomic E-state index is 13.0. The summed E-state index contributed by atoms with van der Waals surface area (Å²) in [7, 11) is 0. The smallest absolute Gasteiger partial charge is 0.317 e. The van der Waals surface area contributed by atoms with Crippen LogP contribution >= 0.6 is 0 Å². The van der Waals surface area contributed by atoms with Crippen LogP contribution in [0.15, 0.2) is 21.7 Å². The van der Waals surface area contributed by atoms with E-state index in [2.05, 4.69) is 0 Å². The van der Waals surface area contributed by atoms with Crippen LogP contribution in [-0.2, 0) is 13.1 Å². The van der Waals surface area contributed by atoms with E-state index >= 15 is 0 Å². The van der Waals surface area contributed by atoms with Crippen molar-refractivity contribution in [3.05, 3.63) is 44.0 Å². The fraction of sp³-hybridized carbons (Fsp3) is 0.652. The number of benzene rings is 1. The largest absolute Gasteiger partial charge is 0.394 e. The first-order valence-electron chi connectivity index (χ1n) is 11.1. The Hall–Kier alpha value is -2.00. The number of aromatic nitrogens is 2. The zero-order valence-electron chi connectivity index (χ0n) is 18.3. The Morgan fingerprint density at radius 1 is 0.903 bits per heavy atom. The highest BCUT2D eigenvalue weighted by Crippen LogP contribution is 2.27.